The fourth-order valence-corrected chi connectivity index (χ4v) is 7.18. The van der Waals surface area contributed by atoms with Gasteiger partial charge in [0.1, 0.15) is 6.04 Å². The number of hydrogen-bond donors (Lipinski definition) is 1. The van der Waals surface area contributed by atoms with Crippen molar-refractivity contribution in [3.63, 3.8) is 0 Å². The molecule has 2 saturated carbocycles. The van der Waals surface area contributed by atoms with E-state index in [1.165, 1.54) is 6.92 Å². The van der Waals surface area contributed by atoms with E-state index in [9.17, 15) is 19.2 Å². The maximum absolute atomic E-state index is 13.0. The van der Waals surface area contributed by atoms with E-state index in [1.807, 2.05) is 32.0 Å². The van der Waals surface area contributed by atoms with Crippen molar-refractivity contribution in [1.82, 2.24) is 4.90 Å². The number of halogens is 2. The summed E-state index contributed by atoms with van der Waals surface area (Å²) in [5.74, 6) is -2.49. The van der Waals surface area contributed by atoms with Crippen molar-refractivity contribution in [2.24, 2.45) is 23.7 Å². The van der Waals surface area contributed by atoms with Crippen LogP contribution in [0.1, 0.15) is 24.5 Å². The third-order valence-electron chi connectivity index (χ3n) is 6.84. The van der Waals surface area contributed by atoms with Crippen LogP contribution in [0.4, 0.5) is 5.69 Å². The molecule has 0 aromatic heterocycles. The lowest BCUT2D eigenvalue weighted by Crippen LogP contribution is -2.45. The molecule has 9 heteroatoms. The van der Waals surface area contributed by atoms with E-state index >= 15 is 0 Å². The van der Waals surface area contributed by atoms with E-state index < -0.39 is 36.4 Å². The van der Waals surface area contributed by atoms with Crippen molar-refractivity contribution in [2.45, 2.75) is 42.9 Å². The van der Waals surface area contributed by atoms with Gasteiger partial charge < -0.3 is 10.1 Å². The van der Waals surface area contributed by atoms with Gasteiger partial charge in [-0.3, -0.25) is 19.3 Å². The second-order valence-electron chi connectivity index (χ2n) is 8.65. The number of likely N-dealkylation sites (tertiary alicyclic amines) is 1. The molecule has 3 fully saturated rings. The Morgan fingerprint density at radius 2 is 1.61 bits per heavy atom. The number of carbonyl (C=O) groups is 4. The Hall–Kier alpha value is -1.74. The van der Waals surface area contributed by atoms with Crippen LogP contribution in [-0.4, -0.2) is 50.9 Å². The van der Waals surface area contributed by atoms with Crippen LogP contribution in [0.25, 0.3) is 0 Å². The molecule has 3 amide bonds. The van der Waals surface area contributed by atoms with E-state index in [-0.39, 0.29) is 33.3 Å². The van der Waals surface area contributed by atoms with Gasteiger partial charge in [0.15, 0.2) is 6.61 Å². The van der Waals surface area contributed by atoms with Crippen LogP contribution in [0, 0.1) is 37.5 Å². The monoisotopic (exact) mass is 554 g/mol. The molecule has 1 heterocycles. The number of carbonyl (C=O) groups excluding carboxylic acids is 4. The highest BCUT2D eigenvalue weighted by molar-refractivity contribution is 9.12. The van der Waals surface area contributed by atoms with E-state index in [0.717, 1.165) is 22.4 Å². The third kappa shape index (κ3) is 3.63. The van der Waals surface area contributed by atoms with Crippen LogP contribution in [-0.2, 0) is 23.9 Å². The molecule has 7 atom stereocenters. The first-order valence-electron chi connectivity index (χ1n) is 10.3. The highest BCUT2D eigenvalue weighted by Gasteiger charge is 2.67. The second-order valence-corrected chi connectivity index (χ2v) is 10.8. The van der Waals surface area contributed by atoms with Crippen molar-refractivity contribution < 1.29 is 23.9 Å². The van der Waals surface area contributed by atoms with Gasteiger partial charge in [-0.15, -0.1) is 0 Å². The summed E-state index contributed by atoms with van der Waals surface area (Å²) in [4.78, 5) is 52.2. The molecule has 166 valence electrons. The molecule has 0 spiro atoms. The number of alkyl halides is 2. The van der Waals surface area contributed by atoms with Crippen LogP contribution in [0.15, 0.2) is 18.2 Å². The Kier molecular flexibility index (Phi) is 6.02. The number of benzene rings is 1. The Morgan fingerprint density at radius 1 is 1.10 bits per heavy atom. The number of nitrogens with zero attached hydrogens (tertiary/aromatic N) is 1. The smallest absolute Gasteiger partial charge is 0.329 e. The molecule has 1 saturated heterocycles. The lowest BCUT2D eigenvalue weighted by Gasteiger charge is -2.28. The SMILES string of the molecule is Cc1cccc(C)c1NC(=O)COC(=O)[C@H](C)N1C(=O)[C@@H]2[C@H]3C[C@@H]([C@H](Br)[C@H]3Br)[C@H]2C1=O. The lowest BCUT2D eigenvalue weighted by molar-refractivity contribution is -0.159. The van der Waals surface area contributed by atoms with Gasteiger partial charge >= 0.3 is 5.97 Å². The Morgan fingerprint density at radius 3 is 2.13 bits per heavy atom. The predicted molar refractivity (Wildman–Crippen MR) is 121 cm³/mol. The first-order valence-corrected chi connectivity index (χ1v) is 12.1. The van der Waals surface area contributed by atoms with Crippen LogP contribution >= 0.6 is 31.9 Å². The van der Waals surface area contributed by atoms with E-state index in [2.05, 4.69) is 37.2 Å². The molecular weight excluding hydrogens is 532 g/mol. The summed E-state index contributed by atoms with van der Waals surface area (Å²) in [6, 6.07) is 4.57. The molecule has 1 aliphatic heterocycles. The van der Waals surface area contributed by atoms with Crippen LogP contribution < -0.4 is 5.32 Å². The first kappa shape index (κ1) is 22.5. The van der Waals surface area contributed by atoms with Crippen molar-refractivity contribution >= 4 is 61.2 Å². The van der Waals surface area contributed by atoms with Crippen molar-refractivity contribution in [1.29, 1.82) is 0 Å². The van der Waals surface area contributed by atoms with Gasteiger partial charge in [0, 0.05) is 15.3 Å². The summed E-state index contributed by atoms with van der Waals surface area (Å²) < 4.78 is 5.14. The summed E-state index contributed by atoms with van der Waals surface area (Å²) in [7, 11) is 0. The number of aryl methyl sites for hydroxylation is 2. The Labute approximate surface area is 197 Å². The summed E-state index contributed by atoms with van der Waals surface area (Å²) in [6.07, 6.45) is 0.823. The number of esters is 1. The average Bonchev–Trinajstić information content (AvgIpc) is 3.33. The maximum Gasteiger partial charge on any atom is 0.329 e. The number of nitrogens with one attached hydrogen (secondary N) is 1. The van der Waals surface area contributed by atoms with Crippen molar-refractivity contribution in [3.8, 4) is 0 Å². The Bertz CT molecular complexity index is 915. The highest BCUT2D eigenvalue weighted by atomic mass is 79.9. The largest absolute Gasteiger partial charge is 0.454 e. The minimum atomic E-state index is -1.07. The molecule has 1 aromatic carbocycles. The lowest BCUT2D eigenvalue weighted by atomic mass is 9.81. The molecule has 1 N–H and O–H groups in total. The molecular formula is C22H24Br2N2O5. The Balaban J connectivity index is 1.38. The van der Waals surface area contributed by atoms with Gasteiger partial charge in [0.2, 0.25) is 11.8 Å². The minimum absolute atomic E-state index is 0.0761. The maximum atomic E-state index is 13.0. The van der Waals surface area contributed by atoms with E-state index in [0.29, 0.717) is 5.69 Å². The predicted octanol–water partition coefficient (Wildman–Crippen LogP) is 2.95. The van der Waals surface area contributed by atoms with Crippen LogP contribution in [0.5, 0.6) is 0 Å². The summed E-state index contributed by atoms with van der Waals surface area (Å²) in [5, 5.41) is 2.75. The normalized spacial score (nSPS) is 32.2. The fourth-order valence-electron chi connectivity index (χ4n) is 5.30. The van der Waals surface area contributed by atoms with Crippen LogP contribution in [0.2, 0.25) is 0 Å². The van der Waals surface area contributed by atoms with Gasteiger partial charge in [-0.25, -0.2) is 4.79 Å². The van der Waals surface area contributed by atoms with E-state index in [4.69, 9.17) is 4.74 Å². The number of hydrogen-bond acceptors (Lipinski definition) is 5. The van der Waals surface area contributed by atoms with E-state index in [1.54, 1.807) is 0 Å². The number of ether oxygens (including phenoxy) is 1. The zero-order chi connectivity index (χ0) is 22.6. The number of imide groups is 1. The van der Waals surface area contributed by atoms with Gasteiger partial charge in [0.25, 0.3) is 5.91 Å². The zero-order valence-corrected chi connectivity index (χ0v) is 20.6. The standard InChI is InChI=1S/C22H24Br2N2O5/c1-9-5-4-6-10(2)19(9)25-14(27)8-31-22(30)11(3)26-20(28)15-12-7-13(16(15)21(26)29)18(24)17(12)23/h4-6,11-13,15-18H,7-8H2,1-3H3,(H,25,27)/t11-,12+,13+,15+,16+,17-,18-/m0/s1. The van der Waals surface area contributed by atoms with Crippen molar-refractivity contribution in [2.75, 3.05) is 11.9 Å². The molecule has 4 rings (SSSR count). The van der Waals surface area contributed by atoms with Crippen LogP contribution in [0.3, 0.4) is 0 Å². The van der Waals surface area contributed by atoms with Gasteiger partial charge in [-0.05, 0) is 50.2 Å². The molecule has 0 unspecified atom stereocenters. The molecule has 1 aromatic rings. The first-order chi connectivity index (χ1) is 14.6. The van der Waals surface area contributed by atoms with Gasteiger partial charge in [0.05, 0.1) is 11.8 Å². The topological polar surface area (TPSA) is 92.8 Å². The zero-order valence-electron chi connectivity index (χ0n) is 17.4. The third-order valence-corrected chi connectivity index (χ3v) is 10.0. The second kappa shape index (κ2) is 8.31. The highest BCUT2D eigenvalue weighted by Crippen LogP contribution is 2.60. The molecule has 2 bridgehead atoms. The summed E-state index contributed by atoms with van der Waals surface area (Å²) >= 11 is 7.29. The number of para-hydroxylation sites is 1. The molecule has 31 heavy (non-hydrogen) atoms. The number of fused-ring (bicyclic) bond motifs is 5. The average molecular weight is 556 g/mol. The number of anilines is 1. The minimum Gasteiger partial charge on any atom is -0.454 e. The van der Waals surface area contributed by atoms with Gasteiger partial charge in [-0.1, -0.05) is 50.1 Å². The fraction of sp³-hybridized carbons (Fsp3) is 0.545. The number of rotatable bonds is 5. The summed E-state index contributed by atoms with van der Waals surface area (Å²) in [5.41, 5.74) is 2.48. The molecule has 7 nitrogen and oxygen atoms in total. The van der Waals surface area contributed by atoms with Gasteiger partial charge in [-0.2, -0.15) is 0 Å². The summed E-state index contributed by atoms with van der Waals surface area (Å²) in [6.45, 7) is 4.74. The number of amides is 3. The molecule has 2 aliphatic carbocycles. The quantitative estimate of drug-likeness (QED) is 0.342. The molecule has 3 aliphatic rings. The van der Waals surface area contributed by atoms with Crippen molar-refractivity contribution in [3.05, 3.63) is 29.3 Å². The molecule has 0 radical (unpaired) electrons.